The lowest BCUT2D eigenvalue weighted by Crippen LogP contribution is -2.39. The maximum atomic E-state index is 2.65. The smallest absolute Gasteiger partial charge is 0.0200 e. The molecule has 0 spiro atoms. The number of hydrogen-bond acceptors (Lipinski definition) is 2. The fourth-order valence-corrected chi connectivity index (χ4v) is 3.52. The van der Waals surface area contributed by atoms with Gasteiger partial charge < -0.3 is 0 Å². The van der Waals surface area contributed by atoms with E-state index in [0.29, 0.717) is 0 Å². The summed E-state index contributed by atoms with van der Waals surface area (Å²) in [5.41, 5.74) is 0. The predicted octanol–water partition coefficient (Wildman–Crippen LogP) is 1.58. The number of rotatable bonds is 1. The van der Waals surface area contributed by atoms with Crippen LogP contribution in [0.5, 0.6) is 0 Å². The molecule has 0 aromatic carbocycles. The number of likely N-dealkylation sites (tertiary alicyclic amines) is 1. The second-order valence-electron chi connectivity index (χ2n) is 3.64. The molecule has 0 aromatic rings. The minimum Gasteiger partial charge on any atom is -0.296 e. The summed E-state index contributed by atoms with van der Waals surface area (Å²) in [5, 5.41) is 0.979. The van der Waals surface area contributed by atoms with Gasteiger partial charge in [-0.05, 0) is 20.3 Å². The van der Waals surface area contributed by atoms with E-state index < -0.39 is 0 Å². The first-order valence-electron chi connectivity index (χ1n) is 4.14. The van der Waals surface area contributed by atoms with Gasteiger partial charge >= 0.3 is 0 Å². The van der Waals surface area contributed by atoms with Gasteiger partial charge in [0, 0.05) is 29.6 Å². The molecular formula is C8H15NS. The molecule has 58 valence electrons. The SMILES string of the molecule is CC(C)N1CC2CC1CS2. The van der Waals surface area contributed by atoms with Crippen LogP contribution < -0.4 is 0 Å². The highest BCUT2D eigenvalue weighted by Crippen LogP contribution is 2.38. The Balaban J connectivity index is 2.02. The van der Waals surface area contributed by atoms with Crippen LogP contribution in [-0.2, 0) is 0 Å². The molecule has 0 saturated carbocycles. The fraction of sp³-hybridized carbons (Fsp3) is 1.00. The molecule has 2 heterocycles. The molecule has 10 heavy (non-hydrogen) atoms. The van der Waals surface area contributed by atoms with Crippen molar-refractivity contribution >= 4 is 11.8 Å². The van der Waals surface area contributed by atoms with E-state index in [4.69, 9.17) is 0 Å². The molecule has 2 saturated heterocycles. The first kappa shape index (κ1) is 6.99. The molecule has 2 rings (SSSR count). The summed E-state index contributed by atoms with van der Waals surface area (Å²) in [5.74, 6) is 1.39. The second kappa shape index (κ2) is 2.42. The third-order valence-corrected chi connectivity index (χ3v) is 4.00. The molecule has 0 radical (unpaired) electrons. The number of fused-ring (bicyclic) bond motifs is 2. The molecule has 1 nitrogen and oxygen atoms in total. The van der Waals surface area contributed by atoms with E-state index in [2.05, 4.69) is 30.5 Å². The quantitative estimate of drug-likeness (QED) is 0.568. The minimum absolute atomic E-state index is 0.774. The maximum absolute atomic E-state index is 2.65. The summed E-state index contributed by atoms with van der Waals surface area (Å²) in [7, 11) is 0. The zero-order valence-electron chi connectivity index (χ0n) is 6.71. The molecule has 2 unspecified atom stereocenters. The Morgan fingerprint density at radius 1 is 1.50 bits per heavy atom. The zero-order chi connectivity index (χ0) is 7.14. The Morgan fingerprint density at radius 2 is 2.30 bits per heavy atom. The molecule has 2 atom stereocenters. The standard InChI is InChI=1S/C8H15NS/c1-6(2)9-4-8-3-7(9)5-10-8/h6-8H,3-5H2,1-2H3. The van der Waals surface area contributed by atoms with E-state index in [0.717, 1.165) is 17.3 Å². The first-order valence-corrected chi connectivity index (χ1v) is 5.19. The highest BCUT2D eigenvalue weighted by molar-refractivity contribution is 8.00. The van der Waals surface area contributed by atoms with Gasteiger partial charge in [0.15, 0.2) is 0 Å². The lowest BCUT2D eigenvalue weighted by atomic mass is 10.2. The van der Waals surface area contributed by atoms with Crippen LogP contribution in [0.3, 0.4) is 0 Å². The van der Waals surface area contributed by atoms with E-state index >= 15 is 0 Å². The van der Waals surface area contributed by atoms with Crippen LogP contribution in [0.1, 0.15) is 20.3 Å². The highest BCUT2D eigenvalue weighted by atomic mass is 32.2. The van der Waals surface area contributed by atoms with Crippen LogP contribution in [0.4, 0.5) is 0 Å². The van der Waals surface area contributed by atoms with Crippen molar-refractivity contribution < 1.29 is 0 Å². The van der Waals surface area contributed by atoms with Gasteiger partial charge in [0.2, 0.25) is 0 Å². The molecule has 0 N–H and O–H groups in total. The van der Waals surface area contributed by atoms with Crippen LogP contribution >= 0.6 is 11.8 Å². The van der Waals surface area contributed by atoms with Gasteiger partial charge in [-0.3, -0.25) is 4.90 Å². The highest BCUT2D eigenvalue weighted by Gasteiger charge is 2.39. The molecular weight excluding hydrogens is 142 g/mol. The Kier molecular flexibility index (Phi) is 1.69. The molecule has 0 amide bonds. The Morgan fingerprint density at radius 3 is 2.60 bits per heavy atom. The van der Waals surface area contributed by atoms with E-state index in [9.17, 15) is 0 Å². The molecule has 2 heteroatoms. The number of hydrogen-bond donors (Lipinski definition) is 0. The van der Waals surface area contributed by atoms with Gasteiger partial charge in [-0.15, -0.1) is 0 Å². The van der Waals surface area contributed by atoms with Crippen LogP contribution in [0.25, 0.3) is 0 Å². The number of thioether (sulfide) groups is 1. The van der Waals surface area contributed by atoms with Crippen molar-refractivity contribution in [3.05, 3.63) is 0 Å². The molecule has 0 aliphatic carbocycles. The zero-order valence-corrected chi connectivity index (χ0v) is 7.53. The fourth-order valence-electron chi connectivity index (χ4n) is 2.06. The first-order chi connectivity index (χ1) is 4.77. The monoisotopic (exact) mass is 157 g/mol. The van der Waals surface area contributed by atoms with Gasteiger partial charge in [0.25, 0.3) is 0 Å². The number of nitrogens with zero attached hydrogens (tertiary/aromatic N) is 1. The van der Waals surface area contributed by atoms with Crippen molar-refractivity contribution in [2.75, 3.05) is 12.3 Å². The van der Waals surface area contributed by atoms with Gasteiger partial charge in [0.1, 0.15) is 0 Å². The van der Waals surface area contributed by atoms with Gasteiger partial charge in [-0.2, -0.15) is 11.8 Å². The average Bonchev–Trinajstić information content (AvgIpc) is 2.44. The van der Waals surface area contributed by atoms with Crippen LogP contribution in [-0.4, -0.2) is 34.5 Å². The predicted molar refractivity (Wildman–Crippen MR) is 46.5 cm³/mol. The van der Waals surface area contributed by atoms with Gasteiger partial charge in [0.05, 0.1) is 0 Å². The summed E-state index contributed by atoms with van der Waals surface area (Å²) in [6.45, 7) is 5.98. The molecule has 2 bridgehead atoms. The molecule has 2 aliphatic rings. The van der Waals surface area contributed by atoms with E-state index in [1.165, 1.54) is 18.7 Å². The van der Waals surface area contributed by atoms with Crippen molar-refractivity contribution in [1.29, 1.82) is 0 Å². The molecule has 0 aromatic heterocycles. The van der Waals surface area contributed by atoms with Crippen molar-refractivity contribution in [3.63, 3.8) is 0 Å². The van der Waals surface area contributed by atoms with Crippen molar-refractivity contribution in [2.45, 2.75) is 37.6 Å². The van der Waals surface area contributed by atoms with Crippen LogP contribution in [0, 0.1) is 0 Å². The Labute approximate surface area is 67.2 Å². The molecule has 2 aliphatic heterocycles. The lowest BCUT2D eigenvalue weighted by Gasteiger charge is -2.29. The van der Waals surface area contributed by atoms with E-state index in [1.54, 1.807) is 0 Å². The Hall–Kier alpha value is 0.310. The van der Waals surface area contributed by atoms with Gasteiger partial charge in [-0.25, -0.2) is 0 Å². The summed E-state index contributed by atoms with van der Waals surface area (Å²) in [6, 6.07) is 1.70. The third kappa shape index (κ3) is 0.978. The van der Waals surface area contributed by atoms with E-state index in [-0.39, 0.29) is 0 Å². The topological polar surface area (TPSA) is 3.24 Å². The lowest BCUT2D eigenvalue weighted by molar-refractivity contribution is 0.217. The van der Waals surface area contributed by atoms with Crippen molar-refractivity contribution in [2.24, 2.45) is 0 Å². The summed E-state index contributed by atoms with van der Waals surface area (Å²) < 4.78 is 0. The third-order valence-electron chi connectivity index (χ3n) is 2.61. The van der Waals surface area contributed by atoms with Gasteiger partial charge in [-0.1, -0.05) is 0 Å². The summed E-state index contributed by atoms with van der Waals surface area (Å²) >= 11 is 2.17. The van der Waals surface area contributed by atoms with E-state index in [1.807, 2.05) is 0 Å². The molecule has 2 fully saturated rings. The van der Waals surface area contributed by atoms with Crippen molar-refractivity contribution in [1.82, 2.24) is 4.90 Å². The summed E-state index contributed by atoms with van der Waals surface area (Å²) in [6.07, 6.45) is 1.46. The van der Waals surface area contributed by atoms with Crippen LogP contribution in [0.15, 0.2) is 0 Å². The maximum Gasteiger partial charge on any atom is 0.0200 e. The Bertz CT molecular complexity index is 135. The second-order valence-corrected chi connectivity index (χ2v) is 4.97. The van der Waals surface area contributed by atoms with Crippen LogP contribution in [0.2, 0.25) is 0 Å². The largest absolute Gasteiger partial charge is 0.296 e. The summed E-state index contributed by atoms with van der Waals surface area (Å²) in [4.78, 5) is 2.65. The average molecular weight is 157 g/mol. The van der Waals surface area contributed by atoms with Crippen molar-refractivity contribution in [3.8, 4) is 0 Å². The normalized spacial score (nSPS) is 39.9. The minimum atomic E-state index is 0.774.